The molecule has 0 saturated carbocycles. The highest BCUT2D eigenvalue weighted by Gasteiger charge is 2.55. The summed E-state index contributed by atoms with van der Waals surface area (Å²) in [6, 6.07) is -0.384. The van der Waals surface area contributed by atoms with E-state index in [4.69, 9.17) is 0 Å². The second-order valence-electron chi connectivity index (χ2n) is 6.64. The van der Waals surface area contributed by atoms with Gasteiger partial charge in [0.1, 0.15) is 11.4 Å². The Bertz CT molecular complexity index is 623. The van der Waals surface area contributed by atoms with Crippen LogP contribution in [0.3, 0.4) is 0 Å². The van der Waals surface area contributed by atoms with Crippen molar-refractivity contribution < 1.29 is 9.59 Å². The van der Waals surface area contributed by atoms with Crippen molar-refractivity contribution in [3.8, 4) is 0 Å². The second-order valence-corrected chi connectivity index (χ2v) is 6.64. The monoisotopic (exact) mass is 305 g/mol. The molecule has 0 radical (unpaired) electrons. The van der Waals surface area contributed by atoms with Crippen molar-refractivity contribution in [2.24, 2.45) is 0 Å². The lowest BCUT2D eigenvalue weighted by molar-refractivity contribution is -0.132. The molecule has 0 bridgehead atoms. The molecule has 3 amide bonds. The minimum Gasteiger partial charge on any atom is -0.346 e. The van der Waals surface area contributed by atoms with Crippen LogP contribution in [0.15, 0.2) is 0 Å². The van der Waals surface area contributed by atoms with Gasteiger partial charge >= 0.3 is 6.03 Å². The average Bonchev–Trinajstić information content (AvgIpc) is 3.01. The molecule has 1 atom stereocenters. The molecule has 1 spiro atoms. The molecule has 7 heteroatoms. The number of imide groups is 1. The van der Waals surface area contributed by atoms with E-state index < -0.39 is 5.54 Å². The maximum Gasteiger partial charge on any atom is 0.325 e. The molecule has 1 unspecified atom stereocenters. The molecule has 0 aliphatic carbocycles. The third-order valence-electron chi connectivity index (χ3n) is 4.54. The Morgan fingerprint density at radius 3 is 2.59 bits per heavy atom. The van der Waals surface area contributed by atoms with Gasteiger partial charge in [0, 0.05) is 31.4 Å². The Kier molecular flexibility index (Phi) is 3.47. The number of carbonyl (C=O) groups is 2. The van der Waals surface area contributed by atoms with Crippen LogP contribution in [-0.2, 0) is 11.3 Å². The third-order valence-corrected chi connectivity index (χ3v) is 4.54. The van der Waals surface area contributed by atoms with Gasteiger partial charge in [-0.05, 0) is 34.1 Å². The van der Waals surface area contributed by atoms with E-state index in [1.807, 2.05) is 27.7 Å². The summed E-state index contributed by atoms with van der Waals surface area (Å²) in [7, 11) is 0. The third kappa shape index (κ3) is 2.29. The first-order valence-electron chi connectivity index (χ1n) is 7.72. The topological polar surface area (TPSA) is 81.3 Å². The van der Waals surface area contributed by atoms with Crippen LogP contribution in [0, 0.1) is 13.8 Å². The van der Waals surface area contributed by atoms with Gasteiger partial charge in [0.2, 0.25) is 0 Å². The lowest BCUT2D eigenvalue weighted by Crippen LogP contribution is -2.49. The molecule has 2 saturated heterocycles. The van der Waals surface area contributed by atoms with Crippen molar-refractivity contribution in [1.82, 2.24) is 25.1 Å². The first kappa shape index (κ1) is 15.0. The fraction of sp³-hybridized carbons (Fsp3) is 0.667. The number of aromatic amines is 1. The molecule has 0 aromatic carbocycles. The number of urea groups is 1. The quantitative estimate of drug-likeness (QED) is 0.814. The summed E-state index contributed by atoms with van der Waals surface area (Å²) in [6.07, 6.45) is 0.656. The number of nitrogens with one attached hydrogen (secondary N) is 2. The number of hydrogen-bond acceptors (Lipinski definition) is 4. The number of H-pyrrole nitrogens is 1. The first-order valence-corrected chi connectivity index (χ1v) is 7.72. The maximum absolute atomic E-state index is 12.6. The lowest BCUT2D eigenvalue weighted by atomic mass is 9.98. The van der Waals surface area contributed by atoms with E-state index in [0.717, 1.165) is 23.8 Å². The van der Waals surface area contributed by atoms with E-state index in [2.05, 4.69) is 20.2 Å². The molecule has 3 rings (SSSR count). The predicted molar refractivity (Wildman–Crippen MR) is 81.2 cm³/mol. The van der Waals surface area contributed by atoms with Crippen LogP contribution in [0.1, 0.15) is 37.5 Å². The van der Waals surface area contributed by atoms with Crippen LogP contribution in [0.4, 0.5) is 4.79 Å². The van der Waals surface area contributed by atoms with Crippen molar-refractivity contribution >= 4 is 11.9 Å². The summed E-state index contributed by atoms with van der Waals surface area (Å²) in [6.45, 7) is 9.68. The van der Waals surface area contributed by atoms with Gasteiger partial charge in [-0.2, -0.15) is 0 Å². The summed E-state index contributed by atoms with van der Waals surface area (Å²) in [5.74, 6) is 0.808. The highest BCUT2D eigenvalue weighted by Crippen LogP contribution is 2.30. The summed E-state index contributed by atoms with van der Waals surface area (Å²) >= 11 is 0. The van der Waals surface area contributed by atoms with E-state index in [1.165, 1.54) is 4.90 Å². The van der Waals surface area contributed by atoms with E-state index in [0.29, 0.717) is 19.5 Å². The predicted octanol–water partition coefficient (Wildman–Crippen LogP) is 0.931. The Morgan fingerprint density at radius 1 is 1.32 bits per heavy atom. The summed E-state index contributed by atoms with van der Waals surface area (Å²) in [5, 5.41) is 2.91. The number of carbonyl (C=O) groups excluding carboxylic acids is 2. The van der Waals surface area contributed by atoms with Crippen LogP contribution in [0.25, 0.3) is 0 Å². The van der Waals surface area contributed by atoms with Crippen molar-refractivity contribution in [3.63, 3.8) is 0 Å². The van der Waals surface area contributed by atoms with Crippen LogP contribution in [0.2, 0.25) is 0 Å². The Morgan fingerprint density at radius 2 is 2.05 bits per heavy atom. The van der Waals surface area contributed by atoms with Gasteiger partial charge in [0.05, 0.1) is 5.69 Å². The highest BCUT2D eigenvalue weighted by atomic mass is 16.2. The minimum absolute atomic E-state index is 0.0927. The van der Waals surface area contributed by atoms with Gasteiger partial charge in [-0.25, -0.2) is 9.78 Å². The smallest absolute Gasteiger partial charge is 0.325 e. The van der Waals surface area contributed by atoms with E-state index >= 15 is 0 Å². The standard InChI is InChI=1S/C15H23N5O2/c1-9(2)20-13(21)15(18-14(20)22)5-6-19(8-15)7-12-10(3)16-11(4)17-12/h9H,5-8H2,1-4H3,(H,16,17)(H,18,22). The van der Waals surface area contributed by atoms with Gasteiger partial charge in [-0.15, -0.1) is 0 Å². The summed E-state index contributed by atoms with van der Waals surface area (Å²) in [5.41, 5.74) is 1.32. The zero-order valence-electron chi connectivity index (χ0n) is 13.6. The molecular weight excluding hydrogens is 282 g/mol. The van der Waals surface area contributed by atoms with Gasteiger partial charge in [-0.3, -0.25) is 14.6 Å². The Labute approximate surface area is 130 Å². The van der Waals surface area contributed by atoms with E-state index in [9.17, 15) is 9.59 Å². The van der Waals surface area contributed by atoms with E-state index in [1.54, 1.807) is 0 Å². The number of imidazole rings is 1. The molecule has 2 aliphatic rings. The number of aryl methyl sites for hydroxylation is 2. The molecule has 22 heavy (non-hydrogen) atoms. The zero-order chi connectivity index (χ0) is 16.1. The number of rotatable bonds is 3. The molecule has 2 fully saturated rings. The second kappa shape index (κ2) is 5.08. The zero-order valence-corrected chi connectivity index (χ0v) is 13.6. The number of nitrogens with zero attached hydrogens (tertiary/aromatic N) is 3. The minimum atomic E-state index is -0.749. The molecule has 2 N–H and O–H groups in total. The fourth-order valence-electron chi connectivity index (χ4n) is 3.43. The molecular formula is C15H23N5O2. The Balaban J connectivity index is 1.73. The molecule has 2 aliphatic heterocycles. The molecule has 7 nitrogen and oxygen atoms in total. The molecule has 3 heterocycles. The molecule has 1 aromatic rings. The summed E-state index contributed by atoms with van der Waals surface area (Å²) < 4.78 is 0. The highest BCUT2D eigenvalue weighted by molar-refractivity contribution is 6.07. The number of hydrogen-bond donors (Lipinski definition) is 2. The largest absolute Gasteiger partial charge is 0.346 e. The van der Waals surface area contributed by atoms with Crippen molar-refractivity contribution in [2.75, 3.05) is 13.1 Å². The maximum atomic E-state index is 12.6. The first-order chi connectivity index (χ1) is 10.3. The fourth-order valence-corrected chi connectivity index (χ4v) is 3.43. The van der Waals surface area contributed by atoms with Crippen LogP contribution >= 0.6 is 0 Å². The number of likely N-dealkylation sites (tertiary alicyclic amines) is 1. The summed E-state index contributed by atoms with van der Waals surface area (Å²) in [4.78, 5) is 35.9. The van der Waals surface area contributed by atoms with Crippen LogP contribution in [0.5, 0.6) is 0 Å². The average molecular weight is 305 g/mol. The van der Waals surface area contributed by atoms with E-state index in [-0.39, 0.29) is 18.0 Å². The van der Waals surface area contributed by atoms with Crippen molar-refractivity contribution in [2.45, 2.75) is 52.2 Å². The SMILES string of the molecule is Cc1nc(CN2CCC3(C2)NC(=O)N(C(C)C)C3=O)c(C)[nH]1. The van der Waals surface area contributed by atoms with Gasteiger partial charge in [-0.1, -0.05) is 0 Å². The van der Waals surface area contributed by atoms with Gasteiger partial charge in [0.25, 0.3) is 5.91 Å². The van der Waals surface area contributed by atoms with Gasteiger partial charge in [0.15, 0.2) is 0 Å². The van der Waals surface area contributed by atoms with Crippen LogP contribution < -0.4 is 5.32 Å². The Hall–Kier alpha value is -1.89. The van der Waals surface area contributed by atoms with Gasteiger partial charge < -0.3 is 10.3 Å². The number of aromatic nitrogens is 2. The molecule has 120 valence electrons. The number of amides is 3. The molecule has 1 aromatic heterocycles. The van der Waals surface area contributed by atoms with Crippen molar-refractivity contribution in [1.29, 1.82) is 0 Å². The van der Waals surface area contributed by atoms with Crippen LogP contribution in [-0.4, -0.2) is 56.4 Å². The lowest BCUT2D eigenvalue weighted by Gasteiger charge is -2.23. The normalized spacial score (nSPS) is 25.8. The van der Waals surface area contributed by atoms with Crippen molar-refractivity contribution in [3.05, 3.63) is 17.2 Å².